The van der Waals surface area contributed by atoms with E-state index in [2.05, 4.69) is 11.9 Å². The van der Waals surface area contributed by atoms with Crippen molar-refractivity contribution >= 4 is 5.78 Å². The van der Waals surface area contributed by atoms with Crippen LogP contribution in [0.4, 0.5) is 0 Å². The maximum Gasteiger partial charge on any atom is 0.132 e. The normalized spacial score (nSPS) is 38.5. The van der Waals surface area contributed by atoms with E-state index in [1.165, 1.54) is 19.5 Å². The van der Waals surface area contributed by atoms with Gasteiger partial charge in [-0.15, -0.1) is 0 Å². The summed E-state index contributed by atoms with van der Waals surface area (Å²) in [5.41, 5.74) is 0. The van der Waals surface area contributed by atoms with Crippen LogP contribution in [0.1, 0.15) is 26.2 Å². The molecule has 1 aliphatic carbocycles. The Morgan fingerprint density at radius 1 is 1.38 bits per heavy atom. The first-order valence-electron chi connectivity index (χ1n) is 5.41. The Kier molecular flexibility index (Phi) is 2.41. The summed E-state index contributed by atoms with van der Waals surface area (Å²) in [6.45, 7) is 4.42. The molecule has 13 heavy (non-hydrogen) atoms. The van der Waals surface area contributed by atoms with Crippen LogP contribution in [0.2, 0.25) is 0 Å². The first-order valence-corrected chi connectivity index (χ1v) is 5.41. The summed E-state index contributed by atoms with van der Waals surface area (Å²) in [6.07, 6.45) is 2.97. The molecule has 2 aliphatic heterocycles. The number of carbonyl (C=O) groups is 1. The molecule has 3 fully saturated rings. The van der Waals surface area contributed by atoms with E-state index in [0.717, 1.165) is 30.6 Å². The highest BCUT2D eigenvalue weighted by atomic mass is 16.1. The molecule has 2 bridgehead atoms. The van der Waals surface area contributed by atoms with Crippen molar-refractivity contribution in [3.8, 4) is 0 Å². The SMILES string of the molecule is CCC(=O)CC1C2CC1CN(C)C2. The van der Waals surface area contributed by atoms with Gasteiger partial charge < -0.3 is 4.90 Å². The number of nitrogens with zero attached hydrogens (tertiary/aromatic N) is 1. The van der Waals surface area contributed by atoms with Crippen molar-refractivity contribution < 1.29 is 4.79 Å². The van der Waals surface area contributed by atoms with Gasteiger partial charge >= 0.3 is 0 Å². The highest BCUT2D eigenvalue weighted by Crippen LogP contribution is 2.46. The second-order valence-electron chi connectivity index (χ2n) is 4.74. The second-order valence-corrected chi connectivity index (χ2v) is 4.74. The zero-order valence-corrected chi connectivity index (χ0v) is 8.62. The molecule has 2 nitrogen and oxygen atoms in total. The van der Waals surface area contributed by atoms with Crippen LogP contribution in [0.5, 0.6) is 0 Å². The van der Waals surface area contributed by atoms with Gasteiger partial charge in [0.25, 0.3) is 0 Å². The van der Waals surface area contributed by atoms with Crippen molar-refractivity contribution in [3.05, 3.63) is 0 Å². The fourth-order valence-electron chi connectivity index (χ4n) is 2.96. The lowest BCUT2D eigenvalue weighted by atomic mass is 9.60. The van der Waals surface area contributed by atoms with Gasteiger partial charge in [-0.05, 0) is 31.2 Å². The third kappa shape index (κ3) is 1.64. The average molecular weight is 181 g/mol. The van der Waals surface area contributed by atoms with Crippen LogP contribution >= 0.6 is 0 Å². The third-order valence-electron chi connectivity index (χ3n) is 3.77. The average Bonchev–Trinajstić information content (AvgIpc) is 2.13. The number of Topliss-reactive ketones (excluding diaryl/α,β-unsaturated/α-hetero) is 1. The van der Waals surface area contributed by atoms with Crippen LogP contribution in [-0.2, 0) is 4.79 Å². The highest BCUT2D eigenvalue weighted by molar-refractivity contribution is 5.78. The molecule has 2 atom stereocenters. The van der Waals surface area contributed by atoms with Gasteiger partial charge in [0.1, 0.15) is 5.78 Å². The lowest BCUT2D eigenvalue weighted by molar-refractivity contribution is -0.124. The summed E-state index contributed by atoms with van der Waals surface area (Å²) >= 11 is 0. The minimum absolute atomic E-state index is 0.462. The van der Waals surface area contributed by atoms with Crippen molar-refractivity contribution in [2.75, 3.05) is 20.1 Å². The Labute approximate surface area is 80.3 Å². The largest absolute Gasteiger partial charge is 0.306 e. The molecule has 3 rings (SSSR count). The van der Waals surface area contributed by atoms with E-state index in [9.17, 15) is 4.79 Å². The van der Waals surface area contributed by atoms with E-state index in [1.807, 2.05) is 6.92 Å². The van der Waals surface area contributed by atoms with E-state index in [1.54, 1.807) is 0 Å². The minimum atomic E-state index is 0.462. The number of hydrogen-bond acceptors (Lipinski definition) is 2. The molecule has 2 heterocycles. The number of ketones is 1. The molecule has 0 aromatic heterocycles. The van der Waals surface area contributed by atoms with Crippen molar-refractivity contribution in [3.63, 3.8) is 0 Å². The number of fused-ring (bicyclic) bond motifs is 2. The van der Waals surface area contributed by atoms with Gasteiger partial charge in [-0.3, -0.25) is 4.79 Å². The summed E-state index contributed by atoms with van der Waals surface area (Å²) in [5, 5.41) is 0. The summed E-state index contributed by atoms with van der Waals surface area (Å²) in [7, 11) is 2.19. The van der Waals surface area contributed by atoms with E-state index in [4.69, 9.17) is 0 Å². The maximum absolute atomic E-state index is 11.3. The van der Waals surface area contributed by atoms with Crippen LogP contribution in [0, 0.1) is 17.8 Å². The molecular formula is C11H19NO. The predicted octanol–water partition coefficient (Wildman–Crippen LogP) is 1.55. The molecule has 2 saturated heterocycles. The first-order chi connectivity index (χ1) is 6.20. The predicted molar refractivity (Wildman–Crippen MR) is 52.5 cm³/mol. The molecule has 0 amide bonds. The number of piperidine rings is 2. The Bertz CT molecular complexity index is 202. The van der Waals surface area contributed by atoms with Crippen molar-refractivity contribution in [2.45, 2.75) is 26.2 Å². The van der Waals surface area contributed by atoms with E-state index in [0.29, 0.717) is 5.78 Å². The quantitative estimate of drug-likeness (QED) is 0.658. The fraction of sp³-hybridized carbons (Fsp3) is 0.909. The molecule has 3 aliphatic rings. The van der Waals surface area contributed by atoms with Gasteiger partial charge in [0.2, 0.25) is 0 Å². The molecule has 0 N–H and O–H groups in total. The van der Waals surface area contributed by atoms with Gasteiger partial charge in [0.05, 0.1) is 0 Å². The number of carbonyl (C=O) groups excluding carboxylic acids is 1. The van der Waals surface area contributed by atoms with Crippen LogP contribution < -0.4 is 0 Å². The van der Waals surface area contributed by atoms with E-state index >= 15 is 0 Å². The molecule has 0 aromatic rings. The Morgan fingerprint density at radius 2 is 2.00 bits per heavy atom. The van der Waals surface area contributed by atoms with Gasteiger partial charge in [0.15, 0.2) is 0 Å². The monoisotopic (exact) mass is 181 g/mol. The minimum Gasteiger partial charge on any atom is -0.306 e. The molecule has 0 spiro atoms. The first kappa shape index (κ1) is 9.20. The smallest absolute Gasteiger partial charge is 0.132 e. The summed E-state index contributed by atoms with van der Waals surface area (Å²) in [5.74, 6) is 2.87. The second kappa shape index (κ2) is 3.41. The molecular weight excluding hydrogens is 162 g/mol. The molecule has 2 unspecified atom stereocenters. The lowest BCUT2D eigenvalue weighted by Crippen LogP contribution is -2.54. The van der Waals surface area contributed by atoms with Crippen molar-refractivity contribution in [1.29, 1.82) is 0 Å². The Hall–Kier alpha value is -0.370. The van der Waals surface area contributed by atoms with Crippen LogP contribution in [0.15, 0.2) is 0 Å². The van der Waals surface area contributed by atoms with Crippen molar-refractivity contribution in [2.24, 2.45) is 17.8 Å². The molecule has 0 aromatic carbocycles. The van der Waals surface area contributed by atoms with E-state index < -0.39 is 0 Å². The van der Waals surface area contributed by atoms with Gasteiger partial charge in [-0.25, -0.2) is 0 Å². The van der Waals surface area contributed by atoms with Crippen LogP contribution in [0.25, 0.3) is 0 Å². The number of rotatable bonds is 3. The Morgan fingerprint density at radius 3 is 2.54 bits per heavy atom. The third-order valence-corrected chi connectivity index (χ3v) is 3.77. The molecule has 0 radical (unpaired) electrons. The fourth-order valence-corrected chi connectivity index (χ4v) is 2.96. The summed E-state index contributed by atoms with van der Waals surface area (Å²) in [4.78, 5) is 13.7. The van der Waals surface area contributed by atoms with Crippen LogP contribution in [-0.4, -0.2) is 30.8 Å². The van der Waals surface area contributed by atoms with Gasteiger partial charge in [0, 0.05) is 25.9 Å². The molecule has 1 saturated carbocycles. The topological polar surface area (TPSA) is 20.3 Å². The number of hydrogen-bond donors (Lipinski definition) is 0. The summed E-state index contributed by atoms with van der Waals surface area (Å²) in [6, 6.07) is 0. The zero-order valence-electron chi connectivity index (χ0n) is 8.62. The maximum atomic E-state index is 11.3. The Balaban J connectivity index is 1.87. The van der Waals surface area contributed by atoms with Crippen molar-refractivity contribution in [1.82, 2.24) is 4.90 Å². The highest BCUT2D eigenvalue weighted by Gasteiger charge is 2.45. The lowest BCUT2D eigenvalue weighted by Gasteiger charge is -2.52. The van der Waals surface area contributed by atoms with Crippen LogP contribution in [0.3, 0.4) is 0 Å². The standard InChI is InChI=1S/C11H19NO/c1-3-10(13)5-11-8-4-9(11)7-12(2)6-8/h8-9,11H,3-7H2,1-2H3. The summed E-state index contributed by atoms with van der Waals surface area (Å²) < 4.78 is 0. The van der Waals surface area contributed by atoms with Gasteiger partial charge in [-0.1, -0.05) is 6.92 Å². The van der Waals surface area contributed by atoms with Gasteiger partial charge in [-0.2, -0.15) is 0 Å². The molecule has 2 heteroatoms. The zero-order chi connectivity index (χ0) is 9.42. The molecule has 74 valence electrons. The van der Waals surface area contributed by atoms with E-state index in [-0.39, 0.29) is 0 Å².